The SMILES string of the molecule is Cc1ccc2c(c1)c1c(n2C=C(F)c2cccs2)CCN(C)C1. The highest BCUT2D eigenvalue weighted by atomic mass is 32.1. The molecule has 23 heavy (non-hydrogen) atoms. The maximum atomic E-state index is 14.6. The molecule has 0 saturated heterocycles. The average molecular weight is 326 g/mol. The van der Waals surface area contributed by atoms with Crippen molar-refractivity contribution in [2.24, 2.45) is 0 Å². The second kappa shape index (κ2) is 5.62. The number of nitrogens with zero attached hydrogens (tertiary/aromatic N) is 2. The summed E-state index contributed by atoms with van der Waals surface area (Å²) in [5, 5.41) is 3.16. The van der Waals surface area contributed by atoms with Crippen LogP contribution in [0, 0.1) is 6.92 Å². The van der Waals surface area contributed by atoms with Crippen molar-refractivity contribution in [3.05, 3.63) is 57.4 Å². The molecule has 0 unspecified atom stereocenters. The summed E-state index contributed by atoms with van der Waals surface area (Å²) in [6.07, 6.45) is 2.61. The molecule has 4 heteroatoms. The van der Waals surface area contributed by atoms with Gasteiger partial charge in [-0.05, 0) is 43.1 Å². The van der Waals surface area contributed by atoms with Crippen molar-refractivity contribution < 1.29 is 4.39 Å². The molecule has 0 aliphatic carbocycles. The zero-order valence-electron chi connectivity index (χ0n) is 13.3. The molecule has 0 N–H and O–H groups in total. The van der Waals surface area contributed by atoms with Gasteiger partial charge in [-0.15, -0.1) is 11.3 Å². The van der Waals surface area contributed by atoms with Gasteiger partial charge in [0.05, 0.1) is 10.4 Å². The lowest BCUT2D eigenvalue weighted by Gasteiger charge is -2.23. The third-order valence-corrected chi connectivity index (χ3v) is 5.41. The number of hydrogen-bond acceptors (Lipinski definition) is 2. The van der Waals surface area contributed by atoms with Crippen LogP contribution >= 0.6 is 11.3 Å². The molecule has 0 fully saturated rings. The molecule has 3 heterocycles. The minimum absolute atomic E-state index is 0.167. The Morgan fingerprint density at radius 3 is 2.96 bits per heavy atom. The van der Waals surface area contributed by atoms with E-state index >= 15 is 0 Å². The summed E-state index contributed by atoms with van der Waals surface area (Å²) < 4.78 is 16.7. The first kappa shape index (κ1) is 14.7. The Morgan fingerprint density at radius 1 is 1.30 bits per heavy atom. The van der Waals surface area contributed by atoms with Gasteiger partial charge < -0.3 is 9.47 Å². The van der Waals surface area contributed by atoms with Gasteiger partial charge in [-0.2, -0.15) is 0 Å². The fourth-order valence-electron chi connectivity index (χ4n) is 3.38. The Labute approximate surface area is 139 Å². The Balaban J connectivity index is 1.94. The number of rotatable bonds is 2. The van der Waals surface area contributed by atoms with Gasteiger partial charge in [-0.3, -0.25) is 0 Å². The predicted molar refractivity (Wildman–Crippen MR) is 96.3 cm³/mol. The highest BCUT2D eigenvalue weighted by molar-refractivity contribution is 7.11. The van der Waals surface area contributed by atoms with E-state index in [9.17, 15) is 4.39 Å². The van der Waals surface area contributed by atoms with E-state index in [1.54, 1.807) is 6.20 Å². The molecular formula is C19H19FN2S. The average Bonchev–Trinajstić information content (AvgIpc) is 3.15. The standard InChI is InChI=1S/C19H19FN2S/c1-13-5-6-17-14(10-13)15-11-21(2)8-7-18(15)22(17)12-16(20)19-4-3-9-23-19/h3-6,9-10,12H,7-8,11H2,1-2H3. The molecule has 2 aromatic heterocycles. The Kier molecular flexibility index (Phi) is 3.58. The highest BCUT2D eigenvalue weighted by Gasteiger charge is 2.22. The number of halogens is 1. The van der Waals surface area contributed by atoms with Crippen LogP contribution in [0.2, 0.25) is 0 Å². The van der Waals surface area contributed by atoms with Crippen LogP contribution in [0.3, 0.4) is 0 Å². The van der Waals surface area contributed by atoms with Gasteiger partial charge in [0.1, 0.15) is 0 Å². The van der Waals surface area contributed by atoms with Crippen LogP contribution in [0.25, 0.3) is 22.9 Å². The van der Waals surface area contributed by atoms with Crippen LogP contribution in [0.15, 0.2) is 35.7 Å². The monoisotopic (exact) mass is 326 g/mol. The molecule has 0 atom stereocenters. The van der Waals surface area contributed by atoms with Gasteiger partial charge in [0.2, 0.25) is 0 Å². The number of aryl methyl sites for hydroxylation is 1. The molecule has 4 rings (SSSR count). The van der Waals surface area contributed by atoms with Crippen molar-refractivity contribution in [3.63, 3.8) is 0 Å². The van der Waals surface area contributed by atoms with E-state index in [0.717, 1.165) is 25.0 Å². The minimum atomic E-state index is -0.167. The van der Waals surface area contributed by atoms with Crippen molar-refractivity contribution >= 4 is 34.3 Å². The van der Waals surface area contributed by atoms with Crippen LogP contribution in [0.1, 0.15) is 21.7 Å². The zero-order valence-corrected chi connectivity index (χ0v) is 14.2. The molecule has 3 aromatic rings. The lowest BCUT2D eigenvalue weighted by atomic mass is 10.0. The maximum absolute atomic E-state index is 14.6. The summed E-state index contributed by atoms with van der Waals surface area (Å²) in [6.45, 7) is 4.05. The van der Waals surface area contributed by atoms with E-state index in [2.05, 4.69) is 41.6 Å². The van der Waals surface area contributed by atoms with Crippen molar-refractivity contribution in [2.75, 3.05) is 13.6 Å². The van der Waals surface area contributed by atoms with E-state index in [1.165, 1.54) is 33.5 Å². The molecule has 0 amide bonds. The van der Waals surface area contributed by atoms with Crippen molar-refractivity contribution in [2.45, 2.75) is 19.9 Å². The largest absolute Gasteiger partial charge is 0.317 e. The lowest BCUT2D eigenvalue weighted by Crippen LogP contribution is -2.26. The Bertz CT molecular complexity index is 890. The van der Waals surface area contributed by atoms with Gasteiger partial charge in [0.15, 0.2) is 5.83 Å². The summed E-state index contributed by atoms with van der Waals surface area (Å²) in [4.78, 5) is 3.01. The van der Waals surface area contributed by atoms with E-state index in [-0.39, 0.29) is 5.83 Å². The quantitative estimate of drug-likeness (QED) is 0.648. The molecule has 1 aliphatic heterocycles. The van der Waals surface area contributed by atoms with Gasteiger partial charge >= 0.3 is 0 Å². The molecule has 0 bridgehead atoms. The number of benzene rings is 1. The zero-order chi connectivity index (χ0) is 16.0. The third-order valence-electron chi connectivity index (χ3n) is 4.53. The first-order valence-corrected chi connectivity index (χ1v) is 8.73. The molecule has 0 radical (unpaired) electrons. The molecule has 0 spiro atoms. The van der Waals surface area contributed by atoms with Crippen LogP contribution in [-0.4, -0.2) is 23.1 Å². The summed E-state index contributed by atoms with van der Waals surface area (Å²) in [5.74, 6) is -0.167. The third kappa shape index (κ3) is 2.52. The van der Waals surface area contributed by atoms with E-state index in [1.807, 2.05) is 17.5 Å². The molecule has 0 saturated carbocycles. The highest BCUT2D eigenvalue weighted by Crippen LogP contribution is 2.33. The first-order valence-electron chi connectivity index (χ1n) is 7.85. The van der Waals surface area contributed by atoms with Crippen LogP contribution < -0.4 is 0 Å². The van der Waals surface area contributed by atoms with Gasteiger partial charge in [0.25, 0.3) is 0 Å². The number of fused-ring (bicyclic) bond motifs is 3. The van der Waals surface area contributed by atoms with Crippen molar-refractivity contribution in [1.29, 1.82) is 0 Å². The second-order valence-electron chi connectivity index (χ2n) is 6.26. The number of aromatic nitrogens is 1. The summed E-state index contributed by atoms with van der Waals surface area (Å²) >= 11 is 1.43. The van der Waals surface area contributed by atoms with Gasteiger partial charge in [-0.1, -0.05) is 17.7 Å². The van der Waals surface area contributed by atoms with E-state index in [4.69, 9.17) is 0 Å². The minimum Gasteiger partial charge on any atom is -0.317 e. The molecule has 1 aromatic carbocycles. The van der Waals surface area contributed by atoms with Crippen LogP contribution in [-0.2, 0) is 13.0 Å². The number of likely N-dealkylation sites (N-methyl/N-ethyl adjacent to an activating group) is 1. The van der Waals surface area contributed by atoms with Crippen LogP contribution in [0.4, 0.5) is 4.39 Å². The topological polar surface area (TPSA) is 8.17 Å². The van der Waals surface area contributed by atoms with Crippen molar-refractivity contribution in [3.8, 4) is 0 Å². The first-order chi connectivity index (χ1) is 11.1. The molecule has 2 nitrogen and oxygen atoms in total. The smallest absolute Gasteiger partial charge is 0.156 e. The summed E-state index contributed by atoms with van der Waals surface area (Å²) in [7, 11) is 2.14. The summed E-state index contributed by atoms with van der Waals surface area (Å²) in [6, 6.07) is 10.1. The normalized spacial score (nSPS) is 16.0. The van der Waals surface area contributed by atoms with E-state index in [0.29, 0.717) is 4.88 Å². The molecule has 1 aliphatic rings. The fraction of sp³-hybridized carbons (Fsp3) is 0.263. The van der Waals surface area contributed by atoms with Gasteiger partial charge in [-0.25, -0.2) is 4.39 Å². The Hall–Kier alpha value is -1.91. The molecular weight excluding hydrogens is 307 g/mol. The molecule has 118 valence electrons. The van der Waals surface area contributed by atoms with E-state index < -0.39 is 0 Å². The lowest BCUT2D eigenvalue weighted by molar-refractivity contribution is 0.312. The number of thiophene rings is 1. The Morgan fingerprint density at radius 2 is 2.17 bits per heavy atom. The van der Waals surface area contributed by atoms with Gasteiger partial charge in [0, 0.05) is 36.8 Å². The van der Waals surface area contributed by atoms with Crippen LogP contribution in [0.5, 0.6) is 0 Å². The second-order valence-corrected chi connectivity index (χ2v) is 7.21. The maximum Gasteiger partial charge on any atom is 0.156 e. The number of hydrogen-bond donors (Lipinski definition) is 0. The van der Waals surface area contributed by atoms with Crippen molar-refractivity contribution in [1.82, 2.24) is 9.47 Å². The fourth-order valence-corrected chi connectivity index (χ4v) is 4.01. The predicted octanol–water partition coefficient (Wildman–Crippen LogP) is 4.92. The summed E-state index contributed by atoms with van der Waals surface area (Å²) in [5.41, 5.74) is 4.93.